The van der Waals surface area contributed by atoms with Gasteiger partial charge in [0.15, 0.2) is 0 Å². The van der Waals surface area contributed by atoms with E-state index in [0.29, 0.717) is 11.8 Å². The number of hydrogen-bond acceptors (Lipinski definition) is 3. The topological polar surface area (TPSA) is 38.9 Å². The molecule has 5 heteroatoms. The van der Waals surface area contributed by atoms with Gasteiger partial charge in [-0.1, -0.05) is 90.2 Å². The van der Waals surface area contributed by atoms with Crippen LogP contribution in [-0.2, 0) is 20.1 Å². The van der Waals surface area contributed by atoms with Gasteiger partial charge in [-0.05, 0) is 33.8 Å². The Morgan fingerprint density at radius 3 is 1.74 bits per heavy atom. The Kier molecular flexibility index (Phi) is 10.7. The molecule has 0 fully saturated rings. The molecule has 0 aliphatic rings. The van der Waals surface area contributed by atoms with Crippen LogP contribution >= 0.6 is 0 Å². The van der Waals surface area contributed by atoms with Crippen LogP contribution in [0.25, 0.3) is 76.8 Å². The number of nitrogens with zero attached hydrogens (tertiary/aromatic N) is 2. The first-order valence-electron chi connectivity index (χ1n) is 18.6. The van der Waals surface area contributed by atoms with E-state index < -0.39 is 13.3 Å². The molecule has 0 spiro atoms. The molecule has 1 radical (unpaired) electrons. The normalized spacial score (nSPS) is 11.8. The monoisotopic (exact) mass is 943 g/mol. The Hall–Kier alpha value is -4.61. The summed E-state index contributed by atoms with van der Waals surface area (Å²) in [6.07, 6.45) is 3.78. The van der Waals surface area contributed by atoms with E-state index >= 15 is 0 Å². The van der Waals surface area contributed by atoms with Gasteiger partial charge in [0.1, 0.15) is 0 Å². The van der Waals surface area contributed by atoms with Crippen LogP contribution in [0.15, 0.2) is 132 Å². The van der Waals surface area contributed by atoms with Gasteiger partial charge in [0.05, 0.1) is 0 Å². The second kappa shape index (κ2) is 15.3. The van der Waals surface area contributed by atoms with Gasteiger partial charge in [-0.25, -0.2) is 0 Å². The SMILES string of the molecule is CC(C)c1ccnc(-c2[c-]cc3c4ccccc4c4ccccc4c3c2)c1.CC(C)c1ccnc(-c2[c-]ccc3c2oc2c[c]([Ge]([CH3])([CH3])[CH3])ccc23)c1.[Ir]. The van der Waals surface area contributed by atoms with E-state index in [1.165, 1.54) is 53.2 Å². The largest absolute Gasteiger partial charge is 0 e. The average molecular weight is 942 g/mol. The van der Waals surface area contributed by atoms with E-state index in [0.717, 1.165) is 39.1 Å². The Morgan fingerprint density at radius 1 is 0.556 bits per heavy atom. The fourth-order valence-electron chi connectivity index (χ4n) is 7.29. The smallest absolute Gasteiger partial charge is 0 e. The number of aromatic nitrogens is 2. The average Bonchev–Trinajstić information content (AvgIpc) is 3.56. The van der Waals surface area contributed by atoms with Crippen molar-refractivity contribution in [1.82, 2.24) is 9.97 Å². The van der Waals surface area contributed by atoms with Gasteiger partial charge >= 0.3 is 158 Å². The number of hydrogen-bond donors (Lipinski definition) is 0. The summed E-state index contributed by atoms with van der Waals surface area (Å²) in [5.41, 5.74) is 8.34. The summed E-state index contributed by atoms with van der Waals surface area (Å²) < 4.78 is 7.79. The molecule has 0 saturated carbocycles. The molecule has 0 bridgehead atoms. The Bertz CT molecular complexity index is 2760. The van der Waals surface area contributed by atoms with Gasteiger partial charge in [-0.15, -0.1) is 23.8 Å². The summed E-state index contributed by atoms with van der Waals surface area (Å²) in [6.45, 7) is 8.82. The predicted molar refractivity (Wildman–Crippen MR) is 228 cm³/mol. The Labute approximate surface area is 334 Å². The molecule has 54 heavy (non-hydrogen) atoms. The van der Waals surface area contributed by atoms with Crippen LogP contribution in [0.1, 0.15) is 50.7 Å². The van der Waals surface area contributed by atoms with Crippen molar-refractivity contribution >= 4 is 71.9 Å². The molecule has 3 aromatic heterocycles. The van der Waals surface area contributed by atoms with Crippen molar-refractivity contribution in [2.45, 2.75) is 56.8 Å². The number of pyridine rings is 2. The van der Waals surface area contributed by atoms with Crippen LogP contribution in [0.5, 0.6) is 0 Å². The molecular formula is C49H44GeIrN2O-2. The van der Waals surface area contributed by atoms with Gasteiger partial charge in [0.25, 0.3) is 0 Å². The minimum Gasteiger partial charge on any atom is 0 e. The molecule has 0 unspecified atom stereocenters. The molecule has 0 aliphatic heterocycles. The van der Waals surface area contributed by atoms with E-state index in [1.54, 1.807) is 0 Å². The molecule has 9 rings (SSSR count). The van der Waals surface area contributed by atoms with Crippen molar-refractivity contribution in [3.63, 3.8) is 0 Å². The fraction of sp³-hybridized carbons (Fsp3) is 0.184. The predicted octanol–water partition coefficient (Wildman–Crippen LogP) is 13.2. The van der Waals surface area contributed by atoms with Crippen molar-refractivity contribution in [3.05, 3.63) is 151 Å². The minimum absolute atomic E-state index is 0. The maximum atomic E-state index is 6.33. The maximum absolute atomic E-state index is 6.33. The van der Waals surface area contributed by atoms with Crippen LogP contribution in [0.2, 0.25) is 17.3 Å². The summed E-state index contributed by atoms with van der Waals surface area (Å²) in [6, 6.07) is 47.8. The fourth-order valence-corrected chi connectivity index (χ4v) is 9.69. The summed E-state index contributed by atoms with van der Waals surface area (Å²) in [7, 11) is 0. The summed E-state index contributed by atoms with van der Waals surface area (Å²) >= 11 is -1.89. The van der Waals surface area contributed by atoms with Gasteiger partial charge in [-0.3, -0.25) is 0 Å². The van der Waals surface area contributed by atoms with Gasteiger partial charge in [0, 0.05) is 26.3 Å². The van der Waals surface area contributed by atoms with Crippen molar-refractivity contribution < 1.29 is 24.5 Å². The number of benzene rings is 6. The first-order chi connectivity index (χ1) is 25.6. The third-order valence-electron chi connectivity index (χ3n) is 10.4. The standard InChI is InChI=1S/C26H20N.C23H24GeNO.Ir/c1-17(2)18-13-14-27-26(16-18)19-11-12-24-22-9-4-3-7-20(22)21-8-5-6-10-23(21)25(24)15-19;1-15(2)16-11-12-25-21(13-16)20-8-6-7-19-18-10-9-17(24(3,4)5)14-22(18)26-23(19)20;/h3-10,12-17H,1-2H3;6-7,9-15H,1-5H3;/q2*-1;. The van der Waals surface area contributed by atoms with E-state index in [4.69, 9.17) is 4.42 Å². The molecule has 3 nitrogen and oxygen atoms in total. The van der Waals surface area contributed by atoms with E-state index in [-0.39, 0.29) is 20.1 Å². The van der Waals surface area contributed by atoms with E-state index in [9.17, 15) is 0 Å². The number of furan rings is 1. The van der Waals surface area contributed by atoms with Gasteiger partial charge in [-0.2, -0.15) is 0 Å². The van der Waals surface area contributed by atoms with Gasteiger partial charge < -0.3 is 4.98 Å². The summed E-state index contributed by atoms with van der Waals surface area (Å²) in [5, 5.41) is 9.95. The van der Waals surface area contributed by atoms with Crippen LogP contribution in [0, 0.1) is 12.1 Å². The number of fused-ring (bicyclic) bond motifs is 9. The third kappa shape index (κ3) is 7.16. The van der Waals surface area contributed by atoms with Crippen molar-refractivity contribution in [1.29, 1.82) is 0 Å². The zero-order chi connectivity index (χ0) is 36.9. The van der Waals surface area contributed by atoms with Crippen LogP contribution in [-0.4, -0.2) is 23.2 Å². The third-order valence-corrected chi connectivity index (χ3v) is 14.7. The quantitative estimate of drug-likeness (QED) is 0.0980. The zero-order valence-electron chi connectivity index (χ0n) is 31.9. The van der Waals surface area contributed by atoms with Crippen molar-refractivity contribution in [2.75, 3.05) is 0 Å². The maximum Gasteiger partial charge on any atom is 0 e. The summed E-state index contributed by atoms with van der Waals surface area (Å²) in [5.74, 6) is 8.17. The molecule has 0 atom stereocenters. The van der Waals surface area contributed by atoms with Crippen LogP contribution in [0.3, 0.4) is 0 Å². The zero-order valence-corrected chi connectivity index (χ0v) is 36.4. The van der Waals surface area contributed by atoms with Crippen LogP contribution < -0.4 is 4.40 Å². The van der Waals surface area contributed by atoms with Crippen molar-refractivity contribution in [2.24, 2.45) is 0 Å². The molecule has 0 saturated heterocycles. The molecule has 0 aliphatic carbocycles. The first-order valence-corrected chi connectivity index (χ1v) is 26.0. The molecule has 3 heterocycles. The Balaban J connectivity index is 0.000000164. The first kappa shape index (κ1) is 37.7. The molecule has 0 amide bonds. The van der Waals surface area contributed by atoms with Gasteiger partial charge in [0.2, 0.25) is 0 Å². The van der Waals surface area contributed by atoms with E-state index in [1.807, 2.05) is 18.5 Å². The Morgan fingerprint density at radius 2 is 1.13 bits per heavy atom. The molecular weight excluding hydrogens is 897 g/mol. The van der Waals surface area contributed by atoms with Crippen LogP contribution in [0.4, 0.5) is 0 Å². The second-order valence-electron chi connectivity index (χ2n) is 15.7. The molecule has 271 valence electrons. The molecule has 6 aromatic carbocycles. The summed E-state index contributed by atoms with van der Waals surface area (Å²) in [4.78, 5) is 9.20. The molecule has 9 aromatic rings. The molecule has 0 N–H and O–H groups in total. The second-order valence-corrected chi connectivity index (χ2v) is 26.3. The number of rotatable bonds is 5. The minimum atomic E-state index is -1.89. The van der Waals surface area contributed by atoms with E-state index in [2.05, 4.69) is 176 Å². The van der Waals surface area contributed by atoms with Crippen molar-refractivity contribution in [3.8, 4) is 22.5 Å².